The molecule has 3 N–H and O–H groups in total. The first-order chi connectivity index (χ1) is 18.0. The summed E-state index contributed by atoms with van der Waals surface area (Å²) in [5, 5.41) is 2.80. The number of amides is 3. The molecule has 0 bridgehead atoms. The topological polar surface area (TPSA) is 96.5 Å². The minimum atomic E-state index is -0.495. The van der Waals surface area contributed by atoms with E-state index in [1.165, 1.54) is 0 Å². The predicted octanol–water partition coefficient (Wildman–Crippen LogP) is 4.94. The van der Waals surface area contributed by atoms with E-state index in [1.807, 2.05) is 49.4 Å². The molecule has 7 heteroatoms. The Kier molecular flexibility index (Phi) is 8.29. The molecule has 0 unspecified atom stereocenters. The first-order valence-electron chi connectivity index (χ1n) is 11.8. The number of benzene rings is 4. The minimum Gasteiger partial charge on any atom is -0.492 e. The Balaban J connectivity index is 1.30. The SMILES string of the molecule is Cc1cccc(C(=O)Nc2ccc(C(=O)NNC(=O)c3ccccc3OCCc3ccccc3)cc2)c1. The van der Waals surface area contributed by atoms with Gasteiger partial charge in [0.2, 0.25) is 0 Å². The van der Waals surface area contributed by atoms with Crippen molar-refractivity contribution in [3.63, 3.8) is 0 Å². The molecule has 3 amide bonds. The molecular formula is C30H27N3O4. The molecule has 37 heavy (non-hydrogen) atoms. The van der Waals surface area contributed by atoms with Crippen LogP contribution in [0.4, 0.5) is 5.69 Å². The van der Waals surface area contributed by atoms with Gasteiger partial charge in [-0.1, -0.05) is 60.2 Å². The second kappa shape index (κ2) is 12.2. The van der Waals surface area contributed by atoms with Crippen molar-refractivity contribution in [1.82, 2.24) is 10.9 Å². The normalized spacial score (nSPS) is 10.3. The van der Waals surface area contributed by atoms with Crippen LogP contribution in [0, 0.1) is 6.92 Å². The molecular weight excluding hydrogens is 466 g/mol. The molecule has 7 nitrogen and oxygen atoms in total. The Morgan fingerprint density at radius 2 is 1.38 bits per heavy atom. The Bertz CT molecular complexity index is 1390. The lowest BCUT2D eigenvalue weighted by Gasteiger charge is -2.12. The van der Waals surface area contributed by atoms with E-state index in [-0.39, 0.29) is 5.91 Å². The lowest BCUT2D eigenvalue weighted by atomic mass is 10.1. The smallest absolute Gasteiger partial charge is 0.273 e. The van der Waals surface area contributed by atoms with Crippen molar-refractivity contribution < 1.29 is 19.1 Å². The van der Waals surface area contributed by atoms with Crippen LogP contribution < -0.4 is 20.9 Å². The fourth-order valence-corrected chi connectivity index (χ4v) is 3.65. The quantitative estimate of drug-likeness (QED) is 0.303. The van der Waals surface area contributed by atoms with Crippen molar-refractivity contribution in [3.05, 3.63) is 131 Å². The van der Waals surface area contributed by atoms with E-state index in [2.05, 4.69) is 16.2 Å². The van der Waals surface area contributed by atoms with Crippen LogP contribution >= 0.6 is 0 Å². The molecule has 0 aliphatic carbocycles. The standard InChI is InChI=1S/C30H27N3O4/c1-21-8-7-11-24(20-21)28(34)31-25-16-14-23(15-17-25)29(35)32-33-30(36)26-12-5-6-13-27(26)37-19-18-22-9-3-2-4-10-22/h2-17,20H,18-19H2,1H3,(H,31,34)(H,32,35)(H,33,36). The van der Waals surface area contributed by atoms with Gasteiger partial charge >= 0.3 is 0 Å². The Morgan fingerprint density at radius 1 is 0.676 bits per heavy atom. The molecule has 4 aromatic carbocycles. The van der Waals surface area contributed by atoms with E-state index in [1.54, 1.807) is 60.7 Å². The van der Waals surface area contributed by atoms with Gasteiger partial charge in [0, 0.05) is 23.2 Å². The number of carbonyl (C=O) groups is 3. The number of hydrogen-bond acceptors (Lipinski definition) is 4. The van der Waals surface area contributed by atoms with Crippen LogP contribution in [0.2, 0.25) is 0 Å². The molecule has 0 saturated carbocycles. The second-order valence-corrected chi connectivity index (χ2v) is 8.39. The maximum Gasteiger partial charge on any atom is 0.273 e. The molecule has 0 atom stereocenters. The monoisotopic (exact) mass is 493 g/mol. The Labute approximate surface area is 215 Å². The third-order valence-electron chi connectivity index (χ3n) is 5.60. The molecule has 4 aromatic rings. The number of anilines is 1. The minimum absolute atomic E-state index is 0.238. The zero-order chi connectivity index (χ0) is 26.0. The zero-order valence-corrected chi connectivity index (χ0v) is 20.4. The predicted molar refractivity (Wildman–Crippen MR) is 143 cm³/mol. The maximum absolute atomic E-state index is 12.7. The van der Waals surface area contributed by atoms with Gasteiger partial charge in [-0.15, -0.1) is 0 Å². The van der Waals surface area contributed by atoms with Gasteiger partial charge in [0.05, 0.1) is 12.2 Å². The van der Waals surface area contributed by atoms with Crippen LogP contribution in [0.1, 0.15) is 42.2 Å². The van der Waals surface area contributed by atoms with E-state index in [4.69, 9.17) is 4.74 Å². The Morgan fingerprint density at radius 3 is 2.14 bits per heavy atom. The van der Waals surface area contributed by atoms with Crippen LogP contribution in [0.3, 0.4) is 0 Å². The molecule has 0 aromatic heterocycles. The summed E-state index contributed by atoms with van der Waals surface area (Å²) in [7, 11) is 0. The molecule has 0 aliphatic heterocycles. The number of para-hydroxylation sites is 1. The lowest BCUT2D eigenvalue weighted by molar-refractivity contribution is 0.0844. The van der Waals surface area contributed by atoms with Crippen molar-refractivity contribution in [2.75, 3.05) is 11.9 Å². The molecule has 0 radical (unpaired) electrons. The number of aryl methyl sites for hydroxylation is 1. The van der Waals surface area contributed by atoms with Gasteiger partial charge in [-0.3, -0.25) is 25.2 Å². The lowest BCUT2D eigenvalue weighted by Crippen LogP contribution is -2.41. The van der Waals surface area contributed by atoms with Gasteiger partial charge in [0.15, 0.2) is 0 Å². The van der Waals surface area contributed by atoms with Crippen LogP contribution in [-0.4, -0.2) is 24.3 Å². The van der Waals surface area contributed by atoms with E-state index in [0.717, 1.165) is 11.1 Å². The summed E-state index contributed by atoms with van der Waals surface area (Å²) in [6, 6.07) is 30.4. The van der Waals surface area contributed by atoms with Crippen molar-refractivity contribution in [1.29, 1.82) is 0 Å². The maximum atomic E-state index is 12.7. The summed E-state index contributed by atoms with van der Waals surface area (Å²) in [6.07, 6.45) is 0.703. The molecule has 0 spiro atoms. The highest BCUT2D eigenvalue weighted by atomic mass is 16.5. The number of rotatable bonds is 8. The van der Waals surface area contributed by atoms with E-state index in [9.17, 15) is 14.4 Å². The third kappa shape index (κ3) is 7.05. The average Bonchev–Trinajstić information content (AvgIpc) is 2.93. The first-order valence-corrected chi connectivity index (χ1v) is 11.8. The summed E-state index contributed by atoms with van der Waals surface area (Å²) >= 11 is 0. The highest BCUT2D eigenvalue weighted by Gasteiger charge is 2.14. The summed E-state index contributed by atoms with van der Waals surface area (Å²) < 4.78 is 5.83. The van der Waals surface area contributed by atoms with Crippen LogP contribution in [0.25, 0.3) is 0 Å². The van der Waals surface area contributed by atoms with Crippen molar-refractivity contribution in [2.45, 2.75) is 13.3 Å². The summed E-state index contributed by atoms with van der Waals surface area (Å²) in [5.41, 5.74) is 8.70. The highest BCUT2D eigenvalue weighted by molar-refractivity contribution is 6.05. The van der Waals surface area contributed by atoms with Crippen LogP contribution in [0.15, 0.2) is 103 Å². The number of hydrazine groups is 1. The molecule has 0 saturated heterocycles. The number of nitrogens with one attached hydrogen (secondary N) is 3. The van der Waals surface area contributed by atoms with E-state index >= 15 is 0 Å². The second-order valence-electron chi connectivity index (χ2n) is 8.39. The molecule has 0 fully saturated rings. The Hall–Kier alpha value is -4.91. The fourth-order valence-electron chi connectivity index (χ4n) is 3.65. The average molecular weight is 494 g/mol. The largest absolute Gasteiger partial charge is 0.492 e. The van der Waals surface area contributed by atoms with Gasteiger partial charge in [-0.25, -0.2) is 0 Å². The van der Waals surface area contributed by atoms with Crippen molar-refractivity contribution >= 4 is 23.4 Å². The van der Waals surface area contributed by atoms with E-state index < -0.39 is 11.8 Å². The molecule has 186 valence electrons. The molecule has 0 aliphatic rings. The van der Waals surface area contributed by atoms with Crippen LogP contribution in [0.5, 0.6) is 5.75 Å². The molecule has 0 heterocycles. The highest BCUT2D eigenvalue weighted by Crippen LogP contribution is 2.18. The van der Waals surface area contributed by atoms with Gasteiger partial charge < -0.3 is 10.1 Å². The molecule has 4 rings (SSSR count). The number of hydrogen-bond donors (Lipinski definition) is 3. The summed E-state index contributed by atoms with van der Waals surface area (Å²) in [5.74, 6) is -0.796. The summed E-state index contributed by atoms with van der Waals surface area (Å²) in [4.78, 5) is 37.7. The fraction of sp³-hybridized carbons (Fsp3) is 0.100. The number of carbonyl (C=O) groups excluding carboxylic acids is 3. The van der Waals surface area contributed by atoms with Crippen molar-refractivity contribution in [2.24, 2.45) is 0 Å². The van der Waals surface area contributed by atoms with Gasteiger partial charge in [-0.2, -0.15) is 0 Å². The first kappa shape index (κ1) is 25.2. The van der Waals surface area contributed by atoms with Gasteiger partial charge in [0.1, 0.15) is 5.75 Å². The van der Waals surface area contributed by atoms with Gasteiger partial charge in [-0.05, 0) is 61.0 Å². The number of ether oxygens (including phenoxy) is 1. The van der Waals surface area contributed by atoms with Crippen molar-refractivity contribution in [3.8, 4) is 5.75 Å². The third-order valence-corrected chi connectivity index (χ3v) is 5.60. The van der Waals surface area contributed by atoms with Crippen LogP contribution in [-0.2, 0) is 6.42 Å². The van der Waals surface area contributed by atoms with E-state index in [0.29, 0.717) is 41.2 Å². The zero-order valence-electron chi connectivity index (χ0n) is 20.4. The summed E-state index contributed by atoms with van der Waals surface area (Å²) in [6.45, 7) is 2.33. The van der Waals surface area contributed by atoms with Gasteiger partial charge in [0.25, 0.3) is 17.7 Å².